The van der Waals surface area contributed by atoms with E-state index in [2.05, 4.69) is 15.9 Å². The topological polar surface area (TPSA) is 33.0 Å². The minimum atomic E-state index is -0.482. The predicted molar refractivity (Wildman–Crippen MR) is 70.9 cm³/mol. The van der Waals surface area contributed by atoms with E-state index in [4.69, 9.17) is 10.00 Å². The van der Waals surface area contributed by atoms with Gasteiger partial charge in [0.2, 0.25) is 0 Å². The van der Waals surface area contributed by atoms with Crippen molar-refractivity contribution in [2.24, 2.45) is 5.92 Å². The third-order valence-corrected chi connectivity index (χ3v) is 4.14. The highest BCUT2D eigenvalue weighted by Crippen LogP contribution is 2.30. The summed E-state index contributed by atoms with van der Waals surface area (Å²) in [6.45, 7) is 0.565. The molecule has 0 radical (unpaired) electrons. The molecule has 1 aliphatic rings. The van der Waals surface area contributed by atoms with E-state index in [0.717, 1.165) is 0 Å². The minimum absolute atomic E-state index is 0.186. The molecular formula is C14H15BrFNO. The van der Waals surface area contributed by atoms with Crippen LogP contribution in [0.2, 0.25) is 0 Å². The lowest BCUT2D eigenvalue weighted by molar-refractivity contribution is 0.202. The van der Waals surface area contributed by atoms with Crippen molar-refractivity contribution in [2.45, 2.75) is 32.1 Å². The van der Waals surface area contributed by atoms with Gasteiger partial charge in [-0.1, -0.05) is 19.3 Å². The van der Waals surface area contributed by atoms with Gasteiger partial charge in [0, 0.05) is 0 Å². The van der Waals surface area contributed by atoms with Gasteiger partial charge in [0.05, 0.1) is 16.6 Å². The van der Waals surface area contributed by atoms with Crippen LogP contribution in [0.4, 0.5) is 4.39 Å². The van der Waals surface area contributed by atoms with E-state index in [1.54, 1.807) is 6.07 Å². The summed E-state index contributed by atoms with van der Waals surface area (Å²) >= 11 is 3.08. The first-order chi connectivity index (χ1) is 8.72. The number of hydrogen-bond acceptors (Lipinski definition) is 2. The van der Waals surface area contributed by atoms with Crippen molar-refractivity contribution in [3.63, 3.8) is 0 Å². The van der Waals surface area contributed by atoms with E-state index in [0.29, 0.717) is 12.5 Å². The lowest BCUT2D eigenvalue weighted by Crippen LogP contribution is -2.15. The van der Waals surface area contributed by atoms with Crippen LogP contribution < -0.4 is 4.74 Å². The quantitative estimate of drug-likeness (QED) is 0.828. The normalized spacial score (nSPS) is 16.3. The number of nitrogens with zero attached hydrogens (tertiary/aromatic N) is 1. The van der Waals surface area contributed by atoms with Gasteiger partial charge < -0.3 is 4.74 Å². The average molecular weight is 312 g/mol. The molecule has 0 amide bonds. The van der Waals surface area contributed by atoms with Gasteiger partial charge in [-0.15, -0.1) is 0 Å². The Hall–Kier alpha value is -1.08. The summed E-state index contributed by atoms with van der Waals surface area (Å²) < 4.78 is 19.6. The molecule has 0 N–H and O–H groups in total. The molecule has 0 aromatic heterocycles. The lowest BCUT2D eigenvalue weighted by Gasteiger charge is -2.21. The van der Waals surface area contributed by atoms with Crippen molar-refractivity contribution >= 4 is 15.9 Å². The van der Waals surface area contributed by atoms with Crippen LogP contribution in [0.5, 0.6) is 5.75 Å². The molecule has 1 fully saturated rings. The highest BCUT2D eigenvalue weighted by Gasteiger charge is 2.16. The zero-order chi connectivity index (χ0) is 13.0. The van der Waals surface area contributed by atoms with E-state index in [1.807, 2.05) is 6.07 Å². The highest BCUT2D eigenvalue weighted by molar-refractivity contribution is 9.10. The van der Waals surface area contributed by atoms with Crippen LogP contribution in [0.15, 0.2) is 16.6 Å². The van der Waals surface area contributed by atoms with E-state index < -0.39 is 5.82 Å². The Morgan fingerprint density at radius 3 is 2.72 bits per heavy atom. The van der Waals surface area contributed by atoms with Gasteiger partial charge in [-0.25, -0.2) is 4.39 Å². The fourth-order valence-electron chi connectivity index (χ4n) is 2.29. The summed E-state index contributed by atoms with van der Waals surface area (Å²) in [5.74, 6) is 0.281. The van der Waals surface area contributed by atoms with Crippen LogP contribution in [0, 0.1) is 23.1 Å². The van der Waals surface area contributed by atoms with Crippen molar-refractivity contribution in [3.8, 4) is 11.8 Å². The van der Waals surface area contributed by atoms with Crippen molar-refractivity contribution in [1.82, 2.24) is 0 Å². The highest BCUT2D eigenvalue weighted by atomic mass is 79.9. The number of halogens is 2. The molecule has 0 spiro atoms. The Morgan fingerprint density at radius 2 is 2.06 bits per heavy atom. The zero-order valence-corrected chi connectivity index (χ0v) is 11.7. The van der Waals surface area contributed by atoms with Gasteiger partial charge >= 0.3 is 0 Å². The Labute approximate surface area is 115 Å². The zero-order valence-electron chi connectivity index (χ0n) is 10.1. The Kier molecular flexibility index (Phi) is 4.60. The fraction of sp³-hybridized carbons (Fsp3) is 0.500. The number of nitriles is 1. The summed E-state index contributed by atoms with van der Waals surface area (Å²) in [5.41, 5.74) is 0.289. The Bertz CT molecular complexity index is 464. The predicted octanol–water partition coefficient (Wildman–Crippen LogP) is 4.42. The van der Waals surface area contributed by atoms with Gasteiger partial charge in [-0.05, 0) is 46.8 Å². The first-order valence-electron chi connectivity index (χ1n) is 6.23. The van der Waals surface area contributed by atoms with Crippen molar-refractivity contribution < 1.29 is 9.13 Å². The van der Waals surface area contributed by atoms with Crippen LogP contribution in [0.3, 0.4) is 0 Å². The summed E-state index contributed by atoms with van der Waals surface area (Å²) in [6, 6.07) is 5.03. The molecule has 0 saturated heterocycles. The first kappa shape index (κ1) is 13.4. The van der Waals surface area contributed by atoms with Crippen LogP contribution in [0.25, 0.3) is 0 Å². The van der Waals surface area contributed by atoms with E-state index in [9.17, 15) is 4.39 Å². The lowest BCUT2D eigenvalue weighted by atomic mass is 9.90. The SMILES string of the molecule is N#Cc1ccc(OCC2CCCCC2)c(F)c1Br. The fourth-order valence-corrected chi connectivity index (χ4v) is 2.71. The summed E-state index contributed by atoms with van der Waals surface area (Å²) in [5, 5.41) is 8.78. The maximum atomic E-state index is 13.9. The summed E-state index contributed by atoms with van der Waals surface area (Å²) in [7, 11) is 0. The minimum Gasteiger partial charge on any atom is -0.490 e. The maximum absolute atomic E-state index is 13.9. The van der Waals surface area contributed by atoms with Crippen molar-refractivity contribution in [1.29, 1.82) is 5.26 Å². The van der Waals surface area contributed by atoms with Gasteiger partial charge in [-0.3, -0.25) is 0 Å². The molecule has 2 nitrogen and oxygen atoms in total. The summed E-state index contributed by atoms with van der Waals surface area (Å²) in [4.78, 5) is 0. The van der Waals surface area contributed by atoms with E-state index in [1.165, 1.54) is 38.2 Å². The molecule has 4 heteroatoms. The van der Waals surface area contributed by atoms with E-state index in [-0.39, 0.29) is 15.8 Å². The maximum Gasteiger partial charge on any atom is 0.180 e. The molecule has 1 saturated carbocycles. The van der Waals surface area contributed by atoms with Gasteiger partial charge in [-0.2, -0.15) is 5.26 Å². The molecule has 1 aliphatic carbocycles. The Morgan fingerprint density at radius 1 is 1.33 bits per heavy atom. The third-order valence-electron chi connectivity index (χ3n) is 3.37. The second kappa shape index (κ2) is 6.19. The van der Waals surface area contributed by atoms with Crippen molar-refractivity contribution in [2.75, 3.05) is 6.61 Å². The molecular weight excluding hydrogens is 297 g/mol. The number of rotatable bonds is 3. The smallest absolute Gasteiger partial charge is 0.180 e. The number of hydrogen-bond donors (Lipinski definition) is 0. The van der Waals surface area contributed by atoms with Crippen LogP contribution >= 0.6 is 15.9 Å². The molecule has 0 unspecified atom stereocenters. The van der Waals surface area contributed by atoms with Crippen LogP contribution in [0.1, 0.15) is 37.7 Å². The largest absolute Gasteiger partial charge is 0.490 e. The van der Waals surface area contributed by atoms with Crippen LogP contribution in [-0.4, -0.2) is 6.61 Å². The van der Waals surface area contributed by atoms with Gasteiger partial charge in [0.1, 0.15) is 6.07 Å². The molecule has 18 heavy (non-hydrogen) atoms. The molecule has 2 rings (SSSR count). The van der Waals surface area contributed by atoms with E-state index >= 15 is 0 Å². The first-order valence-corrected chi connectivity index (χ1v) is 7.02. The van der Waals surface area contributed by atoms with Gasteiger partial charge in [0.15, 0.2) is 11.6 Å². The third kappa shape index (κ3) is 3.02. The number of ether oxygens (including phenoxy) is 1. The Balaban J connectivity index is 2.01. The molecule has 96 valence electrons. The average Bonchev–Trinajstić information content (AvgIpc) is 2.42. The molecule has 1 aromatic carbocycles. The second-order valence-corrected chi connectivity index (χ2v) is 5.46. The van der Waals surface area contributed by atoms with Gasteiger partial charge in [0.25, 0.3) is 0 Å². The van der Waals surface area contributed by atoms with Crippen LogP contribution in [-0.2, 0) is 0 Å². The molecule has 0 aliphatic heterocycles. The second-order valence-electron chi connectivity index (χ2n) is 4.67. The summed E-state index contributed by atoms with van der Waals surface area (Å²) in [6.07, 6.45) is 6.12. The molecule has 0 bridgehead atoms. The number of benzene rings is 1. The molecule has 0 heterocycles. The van der Waals surface area contributed by atoms with Crippen molar-refractivity contribution in [3.05, 3.63) is 28.0 Å². The molecule has 1 aromatic rings. The molecule has 0 atom stereocenters. The monoisotopic (exact) mass is 311 g/mol. The standard InChI is InChI=1S/C14H15BrFNO/c15-13-11(8-17)6-7-12(14(13)16)18-9-10-4-2-1-3-5-10/h6-7,10H,1-5,9H2.